The maximum atomic E-state index is 11.1. The molecule has 0 aromatic heterocycles. The zero-order valence-electron chi connectivity index (χ0n) is 7.99. The summed E-state index contributed by atoms with van der Waals surface area (Å²) in [6, 6.07) is 0. The second kappa shape index (κ2) is 5.75. The normalized spacial score (nSPS) is 12.6. The van der Waals surface area contributed by atoms with Crippen LogP contribution in [0.1, 0.15) is 26.7 Å². The van der Waals surface area contributed by atoms with Crippen LogP contribution < -0.4 is 0 Å². The van der Waals surface area contributed by atoms with Crippen LogP contribution in [0.2, 0.25) is 0 Å². The monoisotopic (exact) mass is 206 g/mol. The number of thiol groups is 1. The fourth-order valence-corrected chi connectivity index (χ4v) is 1.77. The highest BCUT2D eigenvalue weighted by atomic mass is 32.2. The highest BCUT2D eigenvalue weighted by Gasteiger charge is 2.14. The highest BCUT2D eigenvalue weighted by molar-refractivity contribution is 7.76. The van der Waals surface area contributed by atoms with E-state index in [1.807, 2.05) is 0 Å². The van der Waals surface area contributed by atoms with Gasteiger partial charge >= 0.3 is 5.97 Å². The molecule has 0 saturated heterocycles. The Labute approximate surface area is 79.5 Å². The van der Waals surface area contributed by atoms with Gasteiger partial charge in [-0.05, 0) is 12.8 Å². The standard InChI is InChI=1S/C8H14O4S/c1-4-6(8(9)12-3)7(5-2)13(10)11/h13H,4-5H2,1-3H3. The lowest BCUT2D eigenvalue weighted by Gasteiger charge is -2.04. The Morgan fingerprint density at radius 3 is 2.00 bits per heavy atom. The number of allylic oxidation sites excluding steroid dienone is 1. The van der Waals surface area contributed by atoms with Crippen LogP contribution in [0.15, 0.2) is 10.5 Å². The molecule has 0 amide bonds. The Bertz CT molecular complexity index is 281. The van der Waals surface area contributed by atoms with Gasteiger partial charge in [-0.2, -0.15) is 0 Å². The van der Waals surface area contributed by atoms with E-state index in [1.165, 1.54) is 7.11 Å². The largest absolute Gasteiger partial charge is 0.466 e. The van der Waals surface area contributed by atoms with Crippen molar-refractivity contribution >= 4 is 16.7 Å². The third-order valence-corrected chi connectivity index (χ3v) is 2.72. The van der Waals surface area contributed by atoms with Gasteiger partial charge in [0.2, 0.25) is 0 Å². The predicted molar refractivity (Wildman–Crippen MR) is 49.9 cm³/mol. The summed E-state index contributed by atoms with van der Waals surface area (Å²) >= 11 is 0. The Hall–Kier alpha value is -0.840. The Morgan fingerprint density at radius 2 is 1.77 bits per heavy atom. The van der Waals surface area contributed by atoms with Crippen molar-refractivity contribution in [2.45, 2.75) is 26.7 Å². The molecule has 0 N–H and O–H groups in total. The average molecular weight is 206 g/mol. The molecule has 4 nitrogen and oxygen atoms in total. The van der Waals surface area contributed by atoms with Gasteiger partial charge in [0, 0.05) is 0 Å². The summed E-state index contributed by atoms with van der Waals surface area (Å²) in [6.07, 6.45) is 0.705. The van der Waals surface area contributed by atoms with Crippen LogP contribution in [-0.4, -0.2) is 21.5 Å². The summed E-state index contributed by atoms with van der Waals surface area (Å²) < 4.78 is 25.9. The minimum absolute atomic E-state index is 0.171. The number of ether oxygens (including phenoxy) is 1. The van der Waals surface area contributed by atoms with E-state index in [1.54, 1.807) is 13.8 Å². The Kier molecular flexibility index (Phi) is 5.37. The van der Waals surface area contributed by atoms with Crippen LogP contribution in [0.5, 0.6) is 0 Å². The highest BCUT2D eigenvalue weighted by Crippen LogP contribution is 2.14. The lowest BCUT2D eigenvalue weighted by atomic mass is 10.2. The number of methoxy groups -OCH3 is 1. The Morgan fingerprint density at radius 1 is 1.23 bits per heavy atom. The molecule has 13 heavy (non-hydrogen) atoms. The van der Waals surface area contributed by atoms with Gasteiger partial charge in [-0.25, -0.2) is 13.2 Å². The Balaban J connectivity index is 5.17. The summed E-state index contributed by atoms with van der Waals surface area (Å²) in [6.45, 7) is 3.42. The first-order chi connectivity index (χ1) is 6.08. The molecule has 0 aliphatic heterocycles. The van der Waals surface area contributed by atoms with Crippen molar-refractivity contribution in [3.8, 4) is 0 Å². The molecule has 5 heteroatoms. The summed E-state index contributed by atoms with van der Waals surface area (Å²) in [7, 11) is -1.43. The van der Waals surface area contributed by atoms with E-state index in [9.17, 15) is 13.2 Å². The molecular formula is C8H14O4S. The molecule has 0 saturated carbocycles. The zero-order chi connectivity index (χ0) is 10.4. The van der Waals surface area contributed by atoms with Gasteiger partial charge in [0.05, 0.1) is 17.6 Å². The van der Waals surface area contributed by atoms with Gasteiger partial charge in [-0.15, -0.1) is 0 Å². The average Bonchev–Trinajstić information content (AvgIpc) is 2.12. The molecule has 0 heterocycles. The summed E-state index contributed by atoms with van der Waals surface area (Å²) in [5.41, 5.74) is 0.251. The van der Waals surface area contributed by atoms with E-state index in [0.29, 0.717) is 12.8 Å². The predicted octanol–water partition coefficient (Wildman–Crippen LogP) is 0.845. The maximum Gasteiger partial charge on any atom is 0.334 e. The van der Waals surface area contributed by atoms with Crippen LogP contribution in [0, 0.1) is 0 Å². The summed E-state index contributed by atoms with van der Waals surface area (Å²) in [4.78, 5) is 11.3. The van der Waals surface area contributed by atoms with E-state index in [4.69, 9.17) is 0 Å². The van der Waals surface area contributed by atoms with Crippen LogP contribution in [0.25, 0.3) is 0 Å². The first kappa shape index (κ1) is 12.2. The molecule has 0 aliphatic rings. The molecule has 0 spiro atoms. The van der Waals surface area contributed by atoms with Crippen molar-refractivity contribution in [2.75, 3.05) is 7.11 Å². The van der Waals surface area contributed by atoms with E-state index in [2.05, 4.69) is 4.74 Å². The number of carbonyl (C=O) groups excluding carboxylic acids is 1. The van der Waals surface area contributed by atoms with E-state index in [-0.39, 0.29) is 10.5 Å². The number of hydrogen-bond acceptors (Lipinski definition) is 4. The third kappa shape index (κ3) is 3.18. The van der Waals surface area contributed by atoms with Crippen molar-refractivity contribution in [2.24, 2.45) is 0 Å². The molecule has 0 aromatic rings. The molecule has 0 aromatic carbocycles. The van der Waals surface area contributed by atoms with Gasteiger partial charge in [0.1, 0.15) is 0 Å². The zero-order valence-corrected chi connectivity index (χ0v) is 8.89. The molecule has 76 valence electrons. The molecule has 0 atom stereocenters. The summed E-state index contributed by atoms with van der Waals surface area (Å²) in [5.74, 6) is -0.557. The van der Waals surface area contributed by atoms with E-state index in [0.717, 1.165) is 0 Å². The van der Waals surface area contributed by atoms with E-state index >= 15 is 0 Å². The van der Waals surface area contributed by atoms with Gasteiger partial charge in [0.15, 0.2) is 10.7 Å². The number of carbonyl (C=O) groups is 1. The topological polar surface area (TPSA) is 60.4 Å². The molecule has 0 rings (SSSR count). The van der Waals surface area contributed by atoms with Crippen molar-refractivity contribution < 1.29 is 17.9 Å². The van der Waals surface area contributed by atoms with Gasteiger partial charge in [0.25, 0.3) is 0 Å². The van der Waals surface area contributed by atoms with Crippen LogP contribution >= 0.6 is 0 Å². The van der Waals surface area contributed by atoms with Gasteiger partial charge < -0.3 is 4.74 Å². The van der Waals surface area contributed by atoms with Crippen LogP contribution in [0.4, 0.5) is 0 Å². The minimum Gasteiger partial charge on any atom is -0.466 e. The molecule has 0 bridgehead atoms. The molecule has 0 fully saturated rings. The second-order valence-corrected chi connectivity index (χ2v) is 3.44. The lowest BCUT2D eigenvalue weighted by Crippen LogP contribution is -2.07. The van der Waals surface area contributed by atoms with Crippen molar-refractivity contribution in [1.29, 1.82) is 0 Å². The molecular weight excluding hydrogens is 192 g/mol. The molecule has 0 unspecified atom stereocenters. The number of hydrogen-bond donors (Lipinski definition) is 1. The third-order valence-electron chi connectivity index (χ3n) is 1.69. The van der Waals surface area contributed by atoms with Crippen LogP contribution in [0.3, 0.4) is 0 Å². The van der Waals surface area contributed by atoms with Crippen LogP contribution in [-0.2, 0) is 20.2 Å². The van der Waals surface area contributed by atoms with Crippen molar-refractivity contribution in [1.82, 2.24) is 0 Å². The van der Waals surface area contributed by atoms with E-state index < -0.39 is 16.7 Å². The minimum atomic E-state index is -2.67. The lowest BCUT2D eigenvalue weighted by molar-refractivity contribution is -0.136. The smallest absolute Gasteiger partial charge is 0.334 e. The quantitative estimate of drug-likeness (QED) is 0.421. The first-order valence-electron chi connectivity index (χ1n) is 4.03. The van der Waals surface area contributed by atoms with Crippen molar-refractivity contribution in [3.63, 3.8) is 0 Å². The second-order valence-electron chi connectivity index (χ2n) is 2.38. The number of rotatable bonds is 4. The SMILES string of the molecule is CCC(C(=O)OC)=C(CC)[SH](=O)=O. The summed E-state index contributed by atoms with van der Waals surface area (Å²) in [5, 5.41) is 0. The van der Waals surface area contributed by atoms with Crippen molar-refractivity contribution in [3.05, 3.63) is 10.5 Å². The maximum absolute atomic E-state index is 11.1. The fourth-order valence-electron chi connectivity index (χ4n) is 1.04. The fraction of sp³-hybridized carbons (Fsp3) is 0.625. The van der Waals surface area contributed by atoms with Gasteiger partial charge in [-0.3, -0.25) is 0 Å². The van der Waals surface area contributed by atoms with Gasteiger partial charge in [-0.1, -0.05) is 13.8 Å². The number of esters is 1. The first-order valence-corrected chi connectivity index (χ1v) is 5.20. The molecule has 0 radical (unpaired) electrons. The molecule has 0 aliphatic carbocycles.